The molecule has 0 aliphatic heterocycles. The van der Waals surface area contributed by atoms with Crippen LogP contribution in [0, 0.1) is 13.8 Å². The summed E-state index contributed by atoms with van der Waals surface area (Å²) < 4.78 is 93.5. The van der Waals surface area contributed by atoms with Crippen LogP contribution in [0.4, 0.5) is 0 Å². The lowest BCUT2D eigenvalue weighted by molar-refractivity contribution is 0.00120. The Balaban J connectivity index is 0.000000226. The monoisotopic (exact) mass is 1100 g/mol. The molecule has 8 aromatic rings. The van der Waals surface area contributed by atoms with Crippen LogP contribution in [0.2, 0.25) is 0 Å². The van der Waals surface area contributed by atoms with Gasteiger partial charge >= 0.3 is 0 Å². The van der Waals surface area contributed by atoms with E-state index in [4.69, 9.17) is 28.4 Å². The Hall–Kier alpha value is -7.80. The van der Waals surface area contributed by atoms with Crippen molar-refractivity contribution >= 4 is 19.7 Å². The molecule has 6 heterocycles. The number of methoxy groups -OCH3 is 4. The Kier molecular flexibility index (Phi) is 19.0. The molecule has 0 bridgehead atoms. The van der Waals surface area contributed by atoms with Crippen LogP contribution in [0.15, 0.2) is 110 Å². The van der Waals surface area contributed by atoms with Crippen LogP contribution in [-0.2, 0) is 40.7 Å². The highest BCUT2D eigenvalue weighted by Gasteiger charge is 2.38. The van der Waals surface area contributed by atoms with Gasteiger partial charge in [0.2, 0.25) is 0 Å². The topological polar surface area (TPSA) is 262 Å². The summed E-state index contributed by atoms with van der Waals surface area (Å²) in [4.78, 5) is 25.8. The maximum atomic E-state index is 13.9. The number of sulfone groups is 2. The summed E-state index contributed by atoms with van der Waals surface area (Å²) in [6.07, 6.45) is 10.8. The molecule has 0 N–H and O–H groups in total. The molecule has 412 valence electrons. The highest BCUT2D eigenvalue weighted by atomic mass is 32.2. The lowest BCUT2D eigenvalue weighted by Crippen LogP contribution is -2.32. The van der Waals surface area contributed by atoms with Crippen molar-refractivity contribution in [1.29, 1.82) is 0 Å². The third-order valence-corrected chi connectivity index (χ3v) is 16.2. The molecule has 4 atom stereocenters. The second-order valence-corrected chi connectivity index (χ2v) is 23.2. The van der Waals surface area contributed by atoms with Crippen molar-refractivity contribution in [3.8, 4) is 57.1 Å². The molecule has 22 nitrogen and oxygen atoms in total. The largest absolute Gasteiger partial charge is 0.494 e. The fourth-order valence-electron chi connectivity index (χ4n) is 8.21. The van der Waals surface area contributed by atoms with Gasteiger partial charge in [-0.2, -0.15) is 0 Å². The number of hydrogen-bond donors (Lipinski definition) is 0. The Labute approximate surface area is 454 Å². The Morgan fingerprint density at radius 1 is 0.462 bits per heavy atom. The van der Waals surface area contributed by atoms with Crippen molar-refractivity contribution in [2.45, 2.75) is 102 Å². The Morgan fingerprint density at radius 3 is 1.08 bits per heavy atom. The summed E-state index contributed by atoms with van der Waals surface area (Å²) in [7, 11) is -1.65. The number of nitrogens with zero attached hydrogens (tertiary/aromatic N) is 12. The van der Waals surface area contributed by atoms with E-state index >= 15 is 0 Å². The predicted molar refractivity (Wildman–Crippen MR) is 291 cm³/mol. The van der Waals surface area contributed by atoms with Gasteiger partial charge in [0.25, 0.3) is 0 Å². The Bertz CT molecular complexity index is 3200. The van der Waals surface area contributed by atoms with E-state index in [1.165, 1.54) is 28.4 Å². The van der Waals surface area contributed by atoms with Crippen LogP contribution < -0.4 is 18.9 Å². The highest BCUT2D eigenvalue weighted by Crippen LogP contribution is 2.39. The molecule has 24 heteroatoms. The van der Waals surface area contributed by atoms with E-state index in [2.05, 4.69) is 50.3 Å². The molecule has 0 aliphatic rings. The molecule has 0 unspecified atom stereocenters. The van der Waals surface area contributed by atoms with Crippen molar-refractivity contribution < 1.29 is 45.3 Å². The molecule has 0 radical (unpaired) electrons. The molecule has 0 aliphatic carbocycles. The van der Waals surface area contributed by atoms with Gasteiger partial charge in [-0.25, -0.2) is 36.8 Å². The maximum absolute atomic E-state index is 13.9. The minimum Gasteiger partial charge on any atom is -0.494 e. The van der Waals surface area contributed by atoms with Crippen LogP contribution in [0.25, 0.3) is 34.2 Å². The molecule has 6 aromatic heterocycles. The SMILES string of the molecule is COc1cccc(OC)c1-n1c(CS(=O)(=O)[C@@H](C)[C@H](OC(C)C)c2ncc(C)cn2)nnc1-c1cccnc1.COc1cccc(OC)c1-n1c(CS(=O)(=O)[C@H](C)[C@@H](OC(C)C)c2ncc(C)cn2)nnc1-c1cccnc1. The smallest absolute Gasteiger partial charge is 0.170 e. The van der Waals surface area contributed by atoms with Crippen LogP contribution in [0.3, 0.4) is 0 Å². The van der Waals surface area contributed by atoms with E-state index < -0.39 is 53.9 Å². The zero-order valence-electron chi connectivity index (χ0n) is 45.5. The van der Waals surface area contributed by atoms with Gasteiger partial charge in [0, 0.05) is 60.7 Å². The zero-order valence-corrected chi connectivity index (χ0v) is 47.2. The lowest BCUT2D eigenvalue weighted by Gasteiger charge is -2.25. The van der Waals surface area contributed by atoms with Gasteiger partial charge in [-0.1, -0.05) is 12.1 Å². The molecule has 0 amide bonds. The Morgan fingerprint density at radius 2 is 0.795 bits per heavy atom. The molecule has 0 fully saturated rings. The van der Waals surface area contributed by atoms with E-state index in [1.807, 2.05) is 53.7 Å². The molecule has 0 saturated carbocycles. The lowest BCUT2D eigenvalue weighted by atomic mass is 10.2. The summed E-state index contributed by atoms with van der Waals surface area (Å²) in [5.41, 5.74) is 3.95. The normalized spacial score (nSPS) is 13.3. The molecule has 0 spiro atoms. The summed E-state index contributed by atoms with van der Waals surface area (Å²) >= 11 is 0. The first-order valence-electron chi connectivity index (χ1n) is 24.7. The number of aromatic nitrogens is 12. The highest BCUT2D eigenvalue weighted by molar-refractivity contribution is 7.91. The quantitative estimate of drug-likeness (QED) is 0.0626. The standard InChI is InChI=1S/2C27H32N6O5S/c2*1-17(2)38-25(26-29-13-18(3)14-30-26)19(4)39(34,35)16-23-31-32-27(20-9-8-12-28-15-20)33(23)24-21(36-5)10-7-11-22(24)37-6/h2*7-15,17,19,25H,16H2,1-6H3/t2*19-,25-/m10/s1. The van der Waals surface area contributed by atoms with Gasteiger partial charge in [-0.05, 0) is 115 Å². The number of pyridine rings is 2. The average molecular weight is 1110 g/mol. The van der Waals surface area contributed by atoms with Gasteiger partial charge in [-0.15, -0.1) is 20.4 Å². The molecular formula is C54H64N12O10S2. The fourth-order valence-corrected chi connectivity index (χ4v) is 10.9. The van der Waals surface area contributed by atoms with Crippen LogP contribution in [-0.4, -0.2) is 127 Å². The third kappa shape index (κ3) is 13.3. The van der Waals surface area contributed by atoms with Crippen molar-refractivity contribution in [1.82, 2.24) is 59.4 Å². The van der Waals surface area contributed by atoms with Crippen molar-refractivity contribution in [2.75, 3.05) is 28.4 Å². The second kappa shape index (κ2) is 25.6. The van der Waals surface area contributed by atoms with Gasteiger partial charge in [0.05, 0.1) is 51.1 Å². The first-order valence-corrected chi connectivity index (χ1v) is 28.2. The van der Waals surface area contributed by atoms with E-state index in [0.717, 1.165) is 11.1 Å². The van der Waals surface area contributed by atoms with Crippen molar-refractivity contribution in [3.63, 3.8) is 0 Å². The summed E-state index contributed by atoms with van der Waals surface area (Å²) in [5.74, 6) is 2.69. The van der Waals surface area contributed by atoms with E-state index in [1.54, 1.807) is 121 Å². The van der Waals surface area contributed by atoms with E-state index in [9.17, 15) is 16.8 Å². The number of rotatable bonds is 22. The zero-order chi connectivity index (χ0) is 56.3. The molecule has 8 rings (SSSR count). The molecular weight excluding hydrogens is 1040 g/mol. The van der Waals surface area contributed by atoms with Crippen molar-refractivity contribution in [2.24, 2.45) is 0 Å². The first-order chi connectivity index (χ1) is 37.3. The fraction of sp³-hybridized carbons (Fsp3) is 0.370. The average Bonchev–Trinajstić information content (AvgIpc) is 4.04. The number of hydrogen-bond acceptors (Lipinski definition) is 20. The molecule has 0 saturated heterocycles. The first kappa shape index (κ1) is 57.9. The van der Waals surface area contributed by atoms with Gasteiger partial charge < -0.3 is 28.4 Å². The predicted octanol–water partition coefficient (Wildman–Crippen LogP) is 7.83. The summed E-state index contributed by atoms with van der Waals surface area (Å²) in [6.45, 7) is 14.3. The summed E-state index contributed by atoms with van der Waals surface area (Å²) in [6, 6.07) is 17.8. The van der Waals surface area contributed by atoms with Gasteiger partial charge in [0.15, 0.2) is 54.6 Å². The number of para-hydroxylation sites is 2. The molecule has 78 heavy (non-hydrogen) atoms. The van der Waals surface area contributed by atoms with Crippen LogP contribution in [0.5, 0.6) is 23.0 Å². The van der Waals surface area contributed by atoms with Crippen molar-refractivity contribution in [3.05, 3.63) is 145 Å². The number of ether oxygens (including phenoxy) is 6. The minimum atomic E-state index is -3.88. The van der Waals surface area contributed by atoms with E-state index in [-0.39, 0.29) is 23.9 Å². The second-order valence-electron chi connectivity index (χ2n) is 18.5. The number of benzene rings is 2. The third-order valence-electron chi connectivity index (χ3n) is 12.1. The maximum Gasteiger partial charge on any atom is 0.170 e. The summed E-state index contributed by atoms with van der Waals surface area (Å²) in [5, 5.41) is 15.4. The van der Waals surface area contributed by atoms with Gasteiger partial charge in [-0.3, -0.25) is 19.1 Å². The van der Waals surface area contributed by atoms with E-state index in [0.29, 0.717) is 68.8 Å². The minimum absolute atomic E-state index is 0.177. The van der Waals surface area contributed by atoms with Gasteiger partial charge in [0.1, 0.15) is 58.1 Å². The molecule has 2 aromatic carbocycles. The van der Waals surface area contributed by atoms with Crippen LogP contribution in [0.1, 0.15) is 88.2 Å². The number of aryl methyl sites for hydroxylation is 2. The van der Waals surface area contributed by atoms with Crippen LogP contribution >= 0.6 is 0 Å².